The zero-order valence-electron chi connectivity index (χ0n) is 19.8. The summed E-state index contributed by atoms with van der Waals surface area (Å²) in [5.74, 6) is 3.11. The summed E-state index contributed by atoms with van der Waals surface area (Å²) in [6.45, 7) is 2.39. The van der Waals surface area contributed by atoms with E-state index in [2.05, 4.69) is 6.92 Å². The number of hydrogen-bond donors (Lipinski definition) is 0. The summed E-state index contributed by atoms with van der Waals surface area (Å²) < 4.78 is 0. The quantitative estimate of drug-likeness (QED) is 0.447. The summed E-state index contributed by atoms with van der Waals surface area (Å²) in [4.78, 5) is 25.9. The third-order valence-electron chi connectivity index (χ3n) is 7.30. The van der Waals surface area contributed by atoms with Crippen molar-refractivity contribution in [2.45, 2.75) is 77.6 Å². The van der Waals surface area contributed by atoms with E-state index in [1.165, 1.54) is 38.5 Å². The first-order valence-corrected chi connectivity index (χ1v) is 12.7. The number of carbonyl (C=O) groups excluding carboxylic acids is 2. The predicted molar refractivity (Wildman–Crippen MR) is 134 cm³/mol. The second-order valence-corrected chi connectivity index (χ2v) is 9.91. The molecule has 4 unspecified atom stereocenters. The van der Waals surface area contributed by atoms with Crippen LogP contribution < -0.4 is 0 Å². The van der Waals surface area contributed by atoms with Crippen molar-refractivity contribution in [3.05, 3.63) is 72.4 Å². The molecule has 172 valence electrons. The minimum absolute atomic E-state index is 0.0495. The molecular formula is C30H40O2. The Hall–Kier alpha value is -2.22. The van der Waals surface area contributed by atoms with Crippen molar-refractivity contribution >= 4 is 11.6 Å². The van der Waals surface area contributed by atoms with Gasteiger partial charge >= 0.3 is 0 Å². The maximum absolute atomic E-state index is 13.1. The van der Waals surface area contributed by atoms with Gasteiger partial charge in [0.2, 0.25) is 0 Å². The van der Waals surface area contributed by atoms with Crippen molar-refractivity contribution in [3.63, 3.8) is 0 Å². The molecule has 0 N–H and O–H groups in total. The Morgan fingerprint density at radius 1 is 0.719 bits per heavy atom. The first kappa shape index (κ1) is 24.4. The molecule has 3 aliphatic rings. The van der Waals surface area contributed by atoms with Gasteiger partial charge in [0.15, 0.2) is 5.78 Å². The molecule has 0 radical (unpaired) electrons. The van der Waals surface area contributed by atoms with E-state index in [1.807, 2.05) is 66.8 Å². The second kappa shape index (κ2) is 13.4. The third-order valence-corrected chi connectivity index (χ3v) is 7.30. The van der Waals surface area contributed by atoms with E-state index in [1.54, 1.807) is 0 Å². The summed E-state index contributed by atoms with van der Waals surface area (Å²) in [5, 5.41) is 0. The van der Waals surface area contributed by atoms with Gasteiger partial charge in [0.05, 0.1) is 0 Å². The Morgan fingerprint density at radius 3 is 2.09 bits per heavy atom. The number of hydrogen-bond acceptors (Lipinski definition) is 2. The predicted octanol–water partition coefficient (Wildman–Crippen LogP) is 7.65. The highest BCUT2D eigenvalue weighted by molar-refractivity contribution is 6.00. The van der Waals surface area contributed by atoms with Gasteiger partial charge in [0, 0.05) is 24.3 Å². The van der Waals surface area contributed by atoms with Crippen LogP contribution in [0.4, 0.5) is 0 Å². The van der Waals surface area contributed by atoms with Crippen LogP contribution in [0.1, 0.15) is 77.6 Å². The van der Waals surface area contributed by atoms with Gasteiger partial charge in [-0.1, -0.05) is 99.4 Å². The van der Waals surface area contributed by atoms with Gasteiger partial charge in [-0.2, -0.15) is 0 Å². The summed E-state index contributed by atoms with van der Waals surface area (Å²) in [5.41, 5.74) is 0.658. The van der Waals surface area contributed by atoms with Crippen molar-refractivity contribution in [1.29, 1.82) is 0 Å². The molecule has 0 amide bonds. The molecule has 0 spiro atoms. The SMILES string of the molecule is CC1CCCCC(C(=O)CCC(=O)C2=CC=CC=CC=CC=CC=C2)CCC2CC2CC1. The fourth-order valence-electron chi connectivity index (χ4n) is 5.02. The summed E-state index contributed by atoms with van der Waals surface area (Å²) >= 11 is 0. The van der Waals surface area contributed by atoms with Crippen LogP contribution in [-0.2, 0) is 9.59 Å². The smallest absolute Gasteiger partial charge is 0.163 e. The highest BCUT2D eigenvalue weighted by Gasteiger charge is 2.37. The molecule has 2 nitrogen and oxygen atoms in total. The van der Waals surface area contributed by atoms with E-state index < -0.39 is 0 Å². The fraction of sp³-hybridized carbons (Fsp3) is 0.533. The molecule has 0 heterocycles. The van der Waals surface area contributed by atoms with Crippen molar-refractivity contribution in [2.75, 3.05) is 0 Å². The van der Waals surface area contributed by atoms with Gasteiger partial charge in [-0.15, -0.1) is 0 Å². The molecule has 0 aliphatic heterocycles. The lowest BCUT2D eigenvalue weighted by molar-refractivity contribution is -0.125. The topological polar surface area (TPSA) is 34.1 Å². The van der Waals surface area contributed by atoms with Crippen LogP contribution in [0.2, 0.25) is 0 Å². The van der Waals surface area contributed by atoms with Crippen LogP contribution in [0.25, 0.3) is 0 Å². The third kappa shape index (κ3) is 8.73. The lowest BCUT2D eigenvalue weighted by Gasteiger charge is -2.18. The zero-order chi connectivity index (χ0) is 22.6. The number of Topliss-reactive ketones (excluding diaryl/α,β-unsaturated/α-hetero) is 2. The Balaban J connectivity index is 1.54. The molecule has 0 bridgehead atoms. The maximum Gasteiger partial charge on any atom is 0.163 e. The van der Waals surface area contributed by atoms with E-state index in [9.17, 15) is 9.59 Å². The Labute approximate surface area is 194 Å². The molecule has 3 rings (SSSR count). The van der Waals surface area contributed by atoms with Crippen molar-refractivity contribution < 1.29 is 9.59 Å². The minimum Gasteiger partial charge on any atom is -0.299 e. The van der Waals surface area contributed by atoms with E-state index in [0.29, 0.717) is 24.2 Å². The van der Waals surface area contributed by atoms with Crippen LogP contribution in [0, 0.1) is 23.7 Å². The molecule has 0 aromatic carbocycles. The van der Waals surface area contributed by atoms with E-state index >= 15 is 0 Å². The van der Waals surface area contributed by atoms with E-state index in [4.69, 9.17) is 0 Å². The Bertz CT molecular complexity index is 805. The van der Waals surface area contributed by atoms with Crippen molar-refractivity contribution in [1.82, 2.24) is 0 Å². The van der Waals surface area contributed by atoms with Crippen LogP contribution in [0.15, 0.2) is 72.4 Å². The highest BCUT2D eigenvalue weighted by atomic mass is 16.1. The molecule has 2 saturated carbocycles. The van der Waals surface area contributed by atoms with Gasteiger partial charge < -0.3 is 0 Å². The Kier molecular flexibility index (Phi) is 10.2. The fourth-order valence-corrected chi connectivity index (χ4v) is 5.02. The van der Waals surface area contributed by atoms with Crippen LogP contribution in [-0.4, -0.2) is 11.6 Å². The molecule has 0 aromatic heterocycles. The largest absolute Gasteiger partial charge is 0.299 e. The average molecular weight is 433 g/mol. The maximum atomic E-state index is 13.1. The highest BCUT2D eigenvalue weighted by Crippen LogP contribution is 2.47. The molecule has 0 saturated heterocycles. The van der Waals surface area contributed by atoms with Crippen molar-refractivity contribution in [2.24, 2.45) is 23.7 Å². The first-order valence-electron chi connectivity index (χ1n) is 12.7. The second-order valence-electron chi connectivity index (χ2n) is 9.91. The standard InChI is InChI=1S/C30H40O2/c1-24-13-11-12-16-26(19-20-28-23-27(28)18-17-24)30(32)22-21-29(31)25-14-9-7-5-3-2-4-6-8-10-15-25/h2-10,14-15,24,26-28H,11-13,16-23H2,1H3. The molecule has 0 aromatic rings. The summed E-state index contributed by atoms with van der Waals surface area (Å²) in [6.07, 6.45) is 32.8. The molecule has 2 heteroatoms. The summed E-state index contributed by atoms with van der Waals surface area (Å²) in [6, 6.07) is 0. The normalized spacial score (nSPS) is 29.0. The van der Waals surface area contributed by atoms with Crippen LogP contribution in [0.3, 0.4) is 0 Å². The number of rotatable bonds is 5. The number of carbonyl (C=O) groups is 2. The molecule has 3 aliphatic carbocycles. The monoisotopic (exact) mass is 432 g/mol. The molecule has 4 atom stereocenters. The molecule has 32 heavy (non-hydrogen) atoms. The van der Waals surface area contributed by atoms with Crippen LogP contribution in [0.5, 0.6) is 0 Å². The van der Waals surface area contributed by atoms with E-state index in [0.717, 1.165) is 37.0 Å². The van der Waals surface area contributed by atoms with Crippen LogP contribution >= 0.6 is 0 Å². The zero-order valence-corrected chi connectivity index (χ0v) is 19.8. The van der Waals surface area contributed by atoms with Gasteiger partial charge in [-0.25, -0.2) is 0 Å². The average Bonchev–Trinajstić information content (AvgIpc) is 3.53. The summed E-state index contributed by atoms with van der Waals surface area (Å²) in [7, 11) is 0. The number of fused-ring (bicyclic) bond motifs is 1. The van der Waals surface area contributed by atoms with Gasteiger partial charge in [-0.3, -0.25) is 9.59 Å². The lowest BCUT2D eigenvalue weighted by Crippen LogP contribution is -2.17. The van der Waals surface area contributed by atoms with Gasteiger partial charge in [-0.05, 0) is 49.9 Å². The minimum atomic E-state index is 0.0495. The van der Waals surface area contributed by atoms with Crippen molar-refractivity contribution in [3.8, 4) is 0 Å². The number of ketones is 2. The van der Waals surface area contributed by atoms with E-state index in [-0.39, 0.29) is 11.7 Å². The lowest BCUT2D eigenvalue weighted by atomic mass is 9.86. The number of allylic oxidation sites excluding steroid dienone is 12. The van der Waals surface area contributed by atoms with Gasteiger partial charge in [0.1, 0.15) is 5.78 Å². The molecule has 2 fully saturated rings. The first-order chi connectivity index (χ1) is 15.6. The molecular weight excluding hydrogens is 392 g/mol. The Morgan fingerprint density at radius 2 is 1.34 bits per heavy atom. The van der Waals surface area contributed by atoms with Gasteiger partial charge in [0.25, 0.3) is 0 Å².